The lowest BCUT2D eigenvalue weighted by atomic mass is 10.1. The fourth-order valence-electron chi connectivity index (χ4n) is 3.12. The van der Waals surface area contributed by atoms with E-state index in [4.69, 9.17) is 9.47 Å². The Morgan fingerprint density at radius 1 is 1.23 bits per heavy atom. The monoisotopic (exact) mass is 365 g/mol. The van der Waals surface area contributed by atoms with Gasteiger partial charge in [-0.25, -0.2) is 0 Å². The van der Waals surface area contributed by atoms with Gasteiger partial charge < -0.3 is 14.4 Å². The number of rotatable bonds is 7. The van der Waals surface area contributed by atoms with E-state index in [1.807, 2.05) is 0 Å². The smallest absolute Gasteiger partial charge is 0.286 e. The van der Waals surface area contributed by atoms with Crippen LogP contribution in [-0.2, 0) is 0 Å². The third kappa shape index (κ3) is 4.63. The van der Waals surface area contributed by atoms with Crippen LogP contribution in [0.2, 0.25) is 0 Å². The van der Waals surface area contributed by atoms with E-state index in [0.717, 1.165) is 19.6 Å². The number of carbonyl (C=O) groups is 1. The maximum atomic E-state index is 12.9. The molecule has 1 aromatic rings. The van der Waals surface area contributed by atoms with Gasteiger partial charge in [0.25, 0.3) is 11.6 Å². The lowest BCUT2D eigenvalue weighted by molar-refractivity contribution is -0.385. The van der Waals surface area contributed by atoms with Gasteiger partial charge in [-0.3, -0.25) is 19.8 Å². The molecule has 1 aliphatic rings. The van der Waals surface area contributed by atoms with Crippen molar-refractivity contribution in [2.75, 3.05) is 46.4 Å². The van der Waals surface area contributed by atoms with Crippen LogP contribution in [0.15, 0.2) is 12.1 Å². The van der Waals surface area contributed by atoms with Gasteiger partial charge in [-0.15, -0.1) is 0 Å². The van der Waals surface area contributed by atoms with Crippen LogP contribution in [0.3, 0.4) is 0 Å². The molecular formula is C18H27N3O5. The quantitative estimate of drug-likeness (QED) is 0.545. The summed E-state index contributed by atoms with van der Waals surface area (Å²) < 4.78 is 10.6. The van der Waals surface area contributed by atoms with Gasteiger partial charge in [0.05, 0.1) is 24.7 Å². The predicted octanol–water partition coefficient (Wildman–Crippen LogP) is 2.42. The Morgan fingerprint density at radius 2 is 1.88 bits per heavy atom. The molecule has 0 spiro atoms. The van der Waals surface area contributed by atoms with Crippen molar-refractivity contribution in [1.29, 1.82) is 0 Å². The lowest BCUT2D eigenvalue weighted by Crippen LogP contribution is -2.49. The molecule has 1 aliphatic heterocycles. The highest BCUT2D eigenvalue weighted by Gasteiger charge is 2.30. The molecule has 144 valence electrons. The fourth-order valence-corrected chi connectivity index (χ4v) is 3.12. The number of methoxy groups -OCH3 is 1. The second-order valence-corrected chi connectivity index (χ2v) is 6.70. The SMILES string of the molecule is CCOc1cc([N+](=O)[O-])c(C(=O)N2CCN(CC(C)C)CC2)cc1OC. The molecule has 26 heavy (non-hydrogen) atoms. The number of nitro benzene ring substituents is 1. The average Bonchev–Trinajstić information content (AvgIpc) is 2.61. The van der Waals surface area contributed by atoms with E-state index in [9.17, 15) is 14.9 Å². The van der Waals surface area contributed by atoms with Gasteiger partial charge in [-0.2, -0.15) is 0 Å². The highest BCUT2D eigenvalue weighted by Crippen LogP contribution is 2.35. The second kappa shape index (κ2) is 8.84. The topological polar surface area (TPSA) is 85.1 Å². The first kappa shape index (κ1) is 20.0. The number of hydrogen-bond acceptors (Lipinski definition) is 6. The van der Waals surface area contributed by atoms with Gasteiger partial charge in [0.15, 0.2) is 11.5 Å². The van der Waals surface area contributed by atoms with Crippen molar-refractivity contribution in [3.63, 3.8) is 0 Å². The van der Waals surface area contributed by atoms with Gasteiger partial charge in [0.1, 0.15) is 5.56 Å². The molecule has 8 nitrogen and oxygen atoms in total. The Kier molecular flexibility index (Phi) is 6.79. The second-order valence-electron chi connectivity index (χ2n) is 6.70. The van der Waals surface area contributed by atoms with E-state index in [-0.39, 0.29) is 22.9 Å². The first-order valence-electron chi connectivity index (χ1n) is 8.88. The number of piperazine rings is 1. The molecule has 0 bridgehead atoms. The predicted molar refractivity (Wildman–Crippen MR) is 98.0 cm³/mol. The summed E-state index contributed by atoms with van der Waals surface area (Å²) in [6.45, 7) is 10.1. The van der Waals surface area contributed by atoms with Crippen molar-refractivity contribution < 1.29 is 19.2 Å². The van der Waals surface area contributed by atoms with Gasteiger partial charge in [-0.05, 0) is 12.8 Å². The minimum Gasteiger partial charge on any atom is -0.493 e. The van der Waals surface area contributed by atoms with Gasteiger partial charge >= 0.3 is 0 Å². The number of nitro groups is 1. The molecule has 1 aromatic carbocycles. The molecular weight excluding hydrogens is 338 g/mol. The zero-order valence-electron chi connectivity index (χ0n) is 15.9. The molecule has 0 saturated carbocycles. The summed E-state index contributed by atoms with van der Waals surface area (Å²) in [5, 5.41) is 11.5. The summed E-state index contributed by atoms with van der Waals surface area (Å²) in [7, 11) is 1.45. The van der Waals surface area contributed by atoms with Crippen molar-refractivity contribution in [3.8, 4) is 11.5 Å². The molecule has 1 heterocycles. The van der Waals surface area contributed by atoms with Crippen LogP contribution in [0.5, 0.6) is 11.5 Å². The summed E-state index contributed by atoms with van der Waals surface area (Å²) in [4.78, 5) is 27.8. The standard InChI is InChI=1S/C18H27N3O5/c1-5-26-17-11-15(21(23)24)14(10-16(17)25-4)18(22)20-8-6-19(7-9-20)12-13(2)3/h10-11,13H,5-9,12H2,1-4H3. The largest absolute Gasteiger partial charge is 0.493 e. The average molecular weight is 365 g/mol. The number of hydrogen-bond donors (Lipinski definition) is 0. The molecule has 0 aliphatic carbocycles. The Hall–Kier alpha value is -2.35. The molecule has 0 N–H and O–H groups in total. The number of ether oxygens (including phenoxy) is 2. The van der Waals surface area contributed by atoms with Crippen molar-refractivity contribution >= 4 is 11.6 Å². The Bertz CT molecular complexity index is 654. The summed E-state index contributed by atoms with van der Waals surface area (Å²) in [6.07, 6.45) is 0. The number of amides is 1. The van der Waals surface area contributed by atoms with E-state index in [1.54, 1.807) is 11.8 Å². The summed E-state index contributed by atoms with van der Waals surface area (Å²) in [6, 6.07) is 2.68. The van der Waals surface area contributed by atoms with Crippen LogP contribution in [0.25, 0.3) is 0 Å². The van der Waals surface area contributed by atoms with E-state index < -0.39 is 4.92 Å². The van der Waals surface area contributed by atoms with Crippen LogP contribution < -0.4 is 9.47 Å². The Morgan fingerprint density at radius 3 is 2.38 bits per heavy atom. The summed E-state index contributed by atoms with van der Waals surface area (Å²) in [5.74, 6) is 0.801. The van der Waals surface area contributed by atoms with Crippen molar-refractivity contribution in [2.45, 2.75) is 20.8 Å². The maximum absolute atomic E-state index is 12.9. The Labute approximate surface area is 153 Å². The third-order valence-corrected chi connectivity index (χ3v) is 4.29. The molecule has 0 radical (unpaired) electrons. The first-order chi connectivity index (χ1) is 12.4. The Balaban J connectivity index is 2.24. The molecule has 2 rings (SSSR count). The maximum Gasteiger partial charge on any atom is 0.286 e. The van der Waals surface area contributed by atoms with Crippen LogP contribution in [-0.4, -0.2) is 67.1 Å². The van der Waals surface area contributed by atoms with E-state index >= 15 is 0 Å². The van der Waals surface area contributed by atoms with Gasteiger partial charge in [0, 0.05) is 38.8 Å². The third-order valence-electron chi connectivity index (χ3n) is 4.29. The highest BCUT2D eigenvalue weighted by atomic mass is 16.6. The molecule has 1 fully saturated rings. The van der Waals surface area contributed by atoms with Crippen molar-refractivity contribution in [1.82, 2.24) is 9.80 Å². The minimum atomic E-state index is -0.551. The fraction of sp³-hybridized carbons (Fsp3) is 0.611. The van der Waals surface area contributed by atoms with Crippen LogP contribution in [0.4, 0.5) is 5.69 Å². The number of carbonyl (C=O) groups excluding carboxylic acids is 1. The zero-order valence-corrected chi connectivity index (χ0v) is 15.9. The van der Waals surface area contributed by atoms with Gasteiger partial charge in [0.2, 0.25) is 0 Å². The number of benzene rings is 1. The van der Waals surface area contributed by atoms with Crippen molar-refractivity contribution in [2.24, 2.45) is 5.92 Å². The highest BCUT2D eigenvalue weighted by molar-refractivity contribution is 5.99. The molecule has 0 atom stereocenters. The first-order valence-corrected chi connectivity index (χ1v) is 8.88. The van der Waals surface area contributed by atoms with Crippen LogP contribution in [0.1, 0.15) is 31.1 Å². The summed E-state index contributed by atoms with van der Waals surface area (Å²) in [5.41, 5.74) is -0.225. The zero-order chi connectivity index (χ0) is 19.3. The van der Waals surface area contributed by atoms with E-state index in [2.05, 4.69) is 18.7 Å². The van der Waals surface area contributed by atoms with Crippen LogP contribution >= 0.6 is 0 Å². The molecule has 0 unspecified atom stereocenters. The minimum absolute atomic E-state index is 0.0348. The van der Waals surface area contributed by atoms with E-state index in [1.165, 1.54) is 19.2 Å². The summed E-state index contributed by atoms with van der Waals surface area (Å²) >= 11 is 0. The normalized spacial score (nSPS) is 15.2. The molecule has 8 heteroatoms. The van der Waals surface area contributed by atoms with Crippen molar-refractivity contribution in [3.05, 3.63) is 27.8 Å². The lowest BCUT2D eigenvalue weighted by Gasteiger charge is -2.35. The molecule has 0 aromatic heterocycles. The van der Waals surface area contributed by atoms with Gasteiger partial charge in [-0.1, -0.05) is 13.8 Å². The molecule has 1 amide bonds. The van der Waals surface area contributed by atoms with E-state index in [0.29, 0.717) is 31.4 Å². The van der Waals surface area contributed by atoms with Crippen LogP contribution in [0, 0.1) is 16.0 Å². The molecule has 1 saturated heterocycles. The number of nitrogens with zero attached hydrogens (tertiary/aromatic N) is 3.